The first kappa shape index (κ1) is 18.8. The molecule has 86 valence electrons. The molecule has 5 nitrogen and oxygen atoms in total. The van der Waals surface area contributed by atoms with Crippen molar-refractivity contribution < 1.29 is 24.8 Å². The molecule has 0 heterocycles. The summed E-state index contributed by atoms with van der Waals surface area (Å²) in [7, 11) is 0. The number of rotatable bonds is 2. The van der Waals surface area contributed by atoms with E-state index in [4.69, 9.17) is 10.4 Å². The van der Waals surface area contributed by atoms with E-state index in [1.807, 2.05) is 0 Å². The van der Waals surface area contributed by atoms with Crippen molar-refractivity contribution in [3.05, 3.63) is 37.5 Å². The van der Waals surface area contributed by atoms with Gasteiger partial charge in [0.25, 0.3) is 0 Å². The molecule has 0 amide bonds. The Bertz CT molecular complexity index is 230. The van der Waals surface area contributed by atoms with Gasteiger partial charge in [0.1, 0.15) is 0 Å². The zero-order chi connectivity index (χ0) is 13.0. The van der Waals surface area contributed by atoms with Gasteiger partial charge in [0.05, 0.1) is 0 Å². The van der Waals surface area contributed by atoms with Gasteiger partial charge < -0.3 is 5.11 Å². The molecular formula is C10H16O5. The van der Waals surface area contributed by atoms with Crippen molar-refractivity contribution in [1.82, 2.24) is 0 Å². The Morgan fingerprint density at radius 3 is 1.33 bits per heavy atom. The summed E-state index contributed by atoms with van der Waals surface area (Å²) in [6.45, 7) is 15.2. The molecule has 0 fully saturated rings. The zero-order valence-corrected chi connectivity index (χ0v) is 8.95. The molecular weight excluding hydrogens is 200 g/mol. The summed E-state index contributed by atoms with van der Waals surface area (Å²) >= 11 is 0. The lowest BCUT2D eigenvalue weighted by Crippen LogP contribution is -1.99. The van der Waals surface area contributed by atoms with Gasteiger partial charge in [-0.25, -0.2) is 9.59 Å². The van der Waals surface area contributed by atoms with Crippen LogP contribution in [0.5, 0.6) is 0 Å². The molecule has 0 radical (unpaired) electrons. The van der Waals surface area contributed by atoms with E-state index in [9.17, 15) is 9.59 Å². The summed E-state index contributed by atoms with van der Waals surface area (Å²) in [4.78, 5) is 22.8. The van der Waals surface area contributed by atoms with E-state index in [1.165, 1.54) is 13.8 Å². The van der Waals surface area contributed by atoms with Crippen LogP contribution in [0.2, 0.25) is 0 Å². The van der Waals surface area contributed by atoms with E-state index >= 15 is 0 Å². The van der Waals surface area contributed by atoms with Crippen LogP contribution in [0.4, 0.5) is 0 Å². The van der Waals surface area contributed by atoms with Crippen LogP contribution in [0.15, 0.2) is 37.5 Å². The normalized spacial score (nSPS) is 6.87. The summed E-state index contributed by atoms with van der Waals surface area (Å²) in [5.74, 6) is -1.73. The fourth-order valence-corrected chi connectivity index (χ4v) is 0.0779. The zero-order valence-electron chi connectivity index (χ0n) is 8.95. The van der Waals surface area contributed by atoms with Gasteiger partial charge in [-0.05, 0) is 13.8 Å². The summed E-state index contributed by atoms with van der Waals surface area (Å²) in [6, 6.07) is 0. The fraction of sp³-hybridized carbons (Fsp3) is 0.200. The van der Waals surface area contributed by atoms with Crippen molar-refractivity contribution in [2.45, 2.75) is 13.8 Å². The second-order valence-corrected chi connectivity index (χ2v) is 2.24. The number of carbonyl (C=O) groups excluding carboxylic acids is 1. The summed E-state index contributed by atoms with van der Waals surface area (Å²) in [6.07, 6.45) is 0. The molecule has 0 saturated carbocycles. The highest BCUT2D eigenvalue weighted by Crippen LogP contribution is 1.86. The number of carboxylic acid groups (broad SMARTS) is 1. The maximum absolute atomic E-state index is 9.94. The van der Waals surface area contributed by atoms with Crippen LogP contribution < -0.4 is 0 Å². The molecule has 0 aliphatic heterocycles. The van der Waals surface area contributed by atoms with Crippen LogP contribution >= 0.6 is 0 Å². The third-order valence-electron chi connectivity index (χ3n) is 0.796. The van der Waals surface area contributed by atoms with E-state index in [1.54, 1.807) is 0 Å². The predicted molar refractivity (Wildman–Crippen MR) is 57.2 cm³/mol. The van der Waals surface area contributed by atoms with E-state index in [0.29, 0.717) is 0 Å². The van der Waals surface area contributed by atoms with Crippen molar-refractivity contribution in [2.75, 3.05) is 0 Å². The number of hydrogen-bond acceptors (Lipinski definition) is 4. The van der Waals surface area contributed by atoms with Gasteiger partial charge in [-0.3, -0.25) is 4.89 Å². The second-order valence-electron chi connectivity index (χ2n) is 2.24. The topological polar surface area (TPSA) is 83.8 Å². The van der Waals surface area contributed by atoms with Gasteiger partial charge in [-0.2, -0.15) is 5.26 Å². The molecule has 15 heavy (non-hydrogen) atoms. The van der Waals surface area contributed by atoms with Crippen LogP contribution in [-0.4, -0.2) is 22.3 Å². The lowest BCUT2D eigenvalue weighted by atomic mass is 10.4. The maximum atomic E-state index is 9.94. The molecule has 0 aromatic rings. The van der Waals surface area contributed by atoms with Gasteiger partial charge in [0.2, 0.25) is 0 Å². The minimum Gasteiger partial charge on any atom is -0.478 e. The molecule has 0 aromatic carbocycles. The minimum atomic E-state index is -0.935. The molecule has 5 heteroatoms. The standard InChI is InChI=1S/C4H6O3.C4H6O2.C2H4/c1-3(2)4(5)7-6;1-3(2)4(5)6;1-2/h6H,1H2,2H3;1H2,2H3,(H,5,6);1-2H2. The Labute approximate surface area is 88.9 Å². The molecule has 2 N–H and O–H groups in total. The Morgan fingerprint density at radius 1 is 1.07 bits per heavy atom. The molecule has 0 rings (SSSR count). The predicted octanol–water partition coefficient (Wildman–Crippen LogP) is 2.03. The molecule has 0 aliphatic carbocycles. The van der Waals surface area contributed by atoms with Crippen LogP contribution in [0.3, 0.4) is 0 Å². The highest BCUT2D eigenvalue weighted by molar-refractivity contribution is 5.86. The first-order valence-electron chi connectivity index (χ1n) is 3.73. The SMILES string of the molecule is C=C.C=C(C)C(=O)O.C=C(C)C(=O)OO. The number of aliphatic carboxylic acids is 1. The van der Waals surface area contributed by atoms with Crippen LogP contribution in [0.25, 0.3) is 0 Å². The molecule has 0 bridgehead atoms. The summed E-state index contributed by atoms with van der Waals surface area (Å²) in [5, 5.41) is 15.5. The van der Waals surface area contributed by atoms with Crippen molar-refractivity contribution in [2.24, 2.45) is 0 Å². The van der Waals surface area contributed by atoms with Gasteiger partial charge in [-0.15, -0.1) is 13.2 Å². The van der Waals surface area contributed by atoms with E-state index in [-0.39, 0.29) is 11.1 Å². The molecule has 0 aliphatic rings. The smallest absolute Gasteiger partial charge is 0.367 e. The lowest BCUT2D eigenvalue weighted by molar-refractivity contribution is -0.229. The highest BCUT2D eigenvalue weighted by atomic mass is 17.1. The van der Waals surface area contributed by atoms with Gasteiger partial charge in [-0.1, -0.05) is 13.2 Å². The largest absolute Gasteiger partial charge is 0.478 e. The Kier molecular flexibility index (Phi) is 15.2. The average molecular weight is 216 g/mol. The van der Waals surface area contributed by atoms with Crippen molar-refractivity contribution in [3.8, 4) is 0 Å². The van der Waals surface area contributed by atoms with Crippen molar-refractivity contribution in [1.29, 1.82) is 0 Å². The number of carboxylic acids is 1. The van der Waals surface area contributed by atoms with Crippen molar-refractivity contribution >= 4 is 11.9 Å². The number of hydrogen-bond donors (Lipinski definition) is 2. The lowest BCUT2D eigenvalue weighted by Gasteiger charge is -1.88. The second kappa shape index (κ2) is 12.1. The summed E-state index contributed by atoms with van der Waals surface area (Å²) in [5.41, 5.74) is 0.359. The highest BCUT2D eigenvalue weighted by Gasteiger charge is 1.98. The van der Waals surface area contributed by atoms with Crippen molar-refractivity contribution in [3.63, 3.8) is 0 Å². The Morgan fingerprint density at radius 2 is 1.33 bits per heavy atom. The van der Waals surface area contributed by atoms with Gasteiger partial charge in [0, 0.05) is 11.1 Å². The fourth-order valence-electron chi connectivity index (χ4n) is 0.0779. The quantitative estimate of drug-likeness (QED) is 0.319. The Balaban J connectivity index is -0.000000166. The minimum absolute atomic E-state index is 0.176. The van der Waals surface area contributed by atoms with Gasteiger partial charge >= 0.3 is 11.9 Å². The first-order valence-corrected chi connectivity index (χ1v) is 3.73. The third kappa shape index (κ3) is 18.8. The molecule has 0 aromatic heterocycles. The van der Waals surface area contributed by atoms with E-state index < -0.39 is 11.9 Å². The van der Waals surface area contributed by atoms with Crippen LogP contribution in [0.1, 0.15) is 13.8 Å². The molecule has 0 unspecified atom stereocenters. The monoisotopic (exact) mass is 216 g/mol. The third-order valence-corrected chi connectivity index (χ3v) is 0.796. The van der Waals surface area contributed by atoms with Crippen LogP contribution in [-0.2, 0) is 14.5 Å². The number of carbonyl (C=O) groups is 2. The molecule has 0 saturated heterocycles. The maximum Gasteiger partial charge on any atom is 0.367 e. The first-order chi connectivity index (χ1) is 6.82. The molecule has 0 spiro atoms. The van der Waals surface area contributed by atoms with E-state index in [2.05, 4.69) is 31.2 Å². The van der Waals surface area contributed by atoms with E-state index in [0.717, 1.165) is 0 Å². The summed E-state index contributed by atoms with van der Waals surface area (Å²) < 4.78 is 0. The van der Waals surface area contributed by atoms with Gasteiger partial charge in [0.15, 0.2) is 0 Å². The Hall–Kier alpha value is -1.88. The molecule has 0 atom stereocenters. The van der Waals surface area contributed by atoms with Crippen LogP contribution in [0, 0.1) is 0 Å². The average Bonchev–Trinajstić information content (AvgIpc) is 2.20.